The normalized spacial score (nSPS) is 11.8. The summed E-state index contributed by atoms with van der Waals surface area (Å²) in [6, 6.07) is 19.4. The Morgan fingerprint density at radius 1 is 0.927 bits per heavy atom. The van der Waals surface area contributed by atoms with Crippen LogP contribution in [0.2, 0.25) is 0 Å². The SMILES string of the molecule is CCCCNC(=O)C(C)N(Cc1cccc(C)c1)C(=O)CN(c1ccc(OC)c(OC)c1)S(=O)(=O)c1ccccc1. The fourth-order valence-corrected chi connectivity index (χ4v) is 5.78. The molecule has 0 spiro atoms. The highest BCUT2D eigenvalue weighted by molar-refractivity contribution is 7.92. The maximum atomic E-state index is 14.0. The van der Waals surface area contributed by atoms with E-state index in [1.165, 1.54) is 37.3 Å². The van der Waals surface area contributed by atoms with Gasteiger partial charge in [-0.05, 0) is 50.1 Å². The van der Waals surface area contributed by atoms with Crippen LogP contribution in [-0.4, -0.2) is 58.5 Å². The number of unbranched alkanes of at least 4 members (excludes halogenated alkanes) is 1. The minimum atomic E-state index is -4.18. The number of nitrogens with zero attached hydrogens (tertiary/aromatic N) is 2. The van der Waals surface area contributed by atoms with E-state index in [4.69, 9.17) is 9.47 Å². The van der Waals surface area contributed by atoms with Crippen LogP contribution in [0.4, 0.5) is 5.69 Å². The summed E-state index contributed by atoms with van der Waals surface area (Å²) in [5.74, 6) is -0.106. The van der Waals surface area contributed by atoms with E-state index in [0.29, 0.717) is 18.0 Å². The molecule has 220 valence electrons. The molecule has 3 rings (SSSR count). The number of anilines is 1. The highest BCUT2D eigenvalue weighted by Gasteiger charge is 2.33. The number of hydrogen-bond donors (Lipinski definition) is 1. The van der Waals surface area contributed by atoms with Crippen molar-refractivity contribution in [2.75, 3.05) is 31.6 Å². The summed E-state index contributed by atoms with van der Waals surface area (Å²) >= 11 is 0. The van der Waals surface area contributed by atoms with E-state index >= 15 is 0 Å². The standard InChI is InChI=1S/C31H39N3O6S/c1-6-7-18-32-31(36)24(3)33(21-25-13-11-12-23(2)19-25)30(35)22-34(41(37,38)27-14-9-8-10-15-27)26-16-17-28(39-4)29(20-26)40-5/h8-17,19-20,24H,6-7,18,21-22H2,1-5H3,(H,32,36). The Balaban J connectivity index is 2.05. The second-order valence-corrected chi connectivity index (χ2v) is 11.6. The Labute approximate surface area is 243 Å². The number of methoxy groups -OCH3 is 2. The first-order chi connectivity index (χ1) is 19.6. The number of carbonyl (C=O) groups is 2. The van der Waals surface area contributed by atoms with Crippen LogP contribution < -0.4 is 19.1 Å². The van der Waals surface area contributed by atoms with Gasteiger partial charge in [0, 0.05) is 19.2 Å². The highest BCUT2D eigenvalue weighted by Crippen LogP contribution is 2.34. The van der Waals surface area contributed by atoms with Gasteiger partial charge >= 0.3 is 0 Å². The molecule has 0 saturated carbocycles. The lowest BCUT2D eigenvalue weighted by Gasteiger charge is -2.32. The molecule has 10 heteroatoms. The molecule has 0 bridgehead atoms. The van der Waals surface area contributed by atoms with Crippen molar-refractivity contribution >= 4 is 27.5 Å². The highest BCUT2D eigenvalue weighted by atomic mass is 32.2. The molecule has 41 heavy (non-hydrogen) atoms. The van der Waals surface area contributed by atoms with Crippen LogP contribution in [0.5, 0.6) is 11.5 Å². The number of amides is 2. The number of sulfonamides is 1. The maximum absolute atomic E-state index is 14.0. The van der Waals surface area contributed by atoms with E-state index < -0.39 is 28.5 Å². The molecule has 0 radical (unpaired) electrons. The average Bonchev–Trinajstić information content (AvgIpc) is 2.98. The Hall–Kier alpha value is -4.05. The predicted molar refractivity (Wildman–Crippen MR) is 160 cm³/mol. The van der Waals surface area contributed by atoms with Crippen LogP contribution >= 0.6 is 0 Å². The second-order valence-electron chi connectivity index (χ2n) is 9.70. The van der Waals surface area contributed by atoms with Crippen LogP contribution in [0, 0.1) is 6.92 Å². The number of benzene rings is 3. The maximum Gasteiger partial charge on any atom is 0.264 e. The Bertz CT molecular complexity index is 1430. The minimum absolute atomic E-state index is 0.0261. The van der Waals surface area contributed by atoms with Crippen molar-refractivity contribution in [3.8, 4) is 11.5 Å². The summed E-state index contributed by atoms with van der Waals surface area (Å²) in [5.41, 5.74) is 2.05. The molecule has 2 amide bonds. The van der Waals surface area contributed by atoms with Crippen molar-refractivity contribution in [2.45, 2.75) is 51.1 Å². The van der Waals surface area contributed by atoms with E-state index in [1.807, 2.05) is 38.1 Å². The van der Waals surface area contributed by atoms with E-state index in [-0.39, 0.29) is 23.0 Å². The zero-order chi connectivity index (χ0) is 30.0. The summed E-state index contributed by atoms with van der Waals surface area (Å²) in [4.78, 5) is 28.6. The van der Waals surface area contributed by atoms with Crippen molar-refractivity contribution in [1.29, 1.82) is 0 Å². The molecule has 0 heterocycles. The third-order valence-electron chi connectivity index (χ3n) is 6.70. The third-order valence-corrected chi connectivity index (χ3v) is 8.49. The molecule has 9 nitrogen and oxygen atoms in total. The van der Waals surface area contributed by atoms with Crippen molar-refractivity contribution in [1.82, 2.24) is 10.2 Å². The molecule has 0 fully saturated rings. The largest absolute Gasteiger partial charge is 0.493 e. The van der Waals surface area contributed by atoms with E-state index in [2.05, 4.69) is 5.32 Å². The fraction of sp³-hybridized carbons (Fsp3) is 0.355. The van der Waals surface area contributed by atoms with Gasteiger partial charge in [0.05, 0.1) is 24.8 Å². The monoisotopic (exact) mass is 581 g/mol. The predicted octanol–water partition coefficient (Wildman–Crippen LogP) is 4.54. The molecule has 1 N–H and O–H groups in total. The number of carbonyl (C=O) groups excluding carboxylic acids is 2. The van der Waals surface area contributed by atoms with Gasteiger partial charge < -0.3 is 19.7 Å². The van der Waals surface area contributed by atoms with Crippen LogP contribution in [-0.2, 0) is 26.2 Å². The molecule has 1 atom stereocenters. The zero-order valence-electron chi connectivity index (χ0n) is 24.3. The number of rotatable bonds is 14. The summed E-state index contributed by atoms with van der Waals surface area (Å²) in [5, 5.41) is 2.89. The van der Waals surface area contributed by atoms with Gasteiger partial charge in [0.25, 0.3) is 10.0 Å². The van der Waals surface area contributed by atoms with Gasteiger partial charge in [-0.15, -0.1) is 0 Å². The Morgan fingerprint density at radius 2 is 1.63 bits per heavy atom. The van der Waals surface area contributed by atoms with Gasteiger partial charge in [-0.25, -0.2) is 8.42 Å². The quantitative estimate of drug-likeness (QED) is 0.280. The summed E-state index contributed by atoms with van der Waals surface area (Å²) in [6.07, 6.45) is 1.73. The molecular weight excluding hydrogens is 542 g/mol. The van der Waals surface area contributed by atoms with Crippen LogP contribution in [0.1, 0.15) is 37.8 Å². The van der Waals surface area contributed by atoms with Crippen molar-refractivity contribution in [2.24, 2.45) is 0 Å². The van der Waals surface area contributed by atoms with Crippen molar-refractivity contribution < 1.29 is 27.5 Å². The summed E-state index contributed by atoms with van der Waals surface area (Å²) in [6.45, 7) is 5.72. The minimum Gasteiger partial charge on any atom is -0.493 e. The molecular formula is C31H39N3O6S. The fourth-order valence-electron chi connectivity index (χ4n) is 4.35. The number of hydrogen-bond acceptors (Lipinski definition) is 6. The lowest BCUT2D eigenvalue weighted by Crippen LogP contribution is -2.51. The smallest absolute Gasteiger partial charge is 0.264 e. The number of nitrogens with one attached hydrogen (secondary N) is 1. The molecule has 3 aromatic rings. The number of aryl methyl sites for hydroxylation is 1. The van der Waals surface area contributed by atoms with Crippen LogP contribution in [0.15, 0.2) is 77.7 Å². The first kappa shape index (κ1) is 31.5. The molecule has 0 aliphatic carbocycles. The molecule has 0 aliphatic heterocycles. The lowest BCUT2D eigenvalue weighted by molar-refractivity contribution is -0.139. The second kappa shape index (κ2) is 14.5. The lowest BCUT2D eigenvalue weighted by atomic mass is 10.1. The average molecular weight is 582 g/mol. The Morgan fingerprint density at radius 3 is 2.27 bits per heavy atom. The molecule has 0 saturated heterocycles. The van der Waals surface area contributed by atoms with Gasteiger partial charge in [0.2, 0.25) is 11.8 Å². The van der Waals surface area contributed by atoms with Gasteiger partial charge in [0.15, 0.2) is 11.5 Å². The summed E-state index contributed by atoms with van der Waals surface area (Å²) < 4.78 is 39.6. The van der Waals surface area contributed by atoms with E-state index in [1.54, 1.807) is 37.3 Å². The van der Waals surface area contributed by atoms with Gasteiger partial charge in [0.1, 0.15) is 12.6 Å². The molecule has 3 aromatic carbocycles. The van der Waals surface area contributed by atoms with E-state index in [0.717, 1.165) is 28.3 Å². The molecule has 1 unspecified atom stereocenters. The Kier molecular flexibility index (Phi) is 11.2. The topological polar surface area (TPSA) is 105 Å². The first-order valence-corrected chi connectivity index (χ1v) is 15.0. The molecule has 0 aliphatic rings. The molecule has 0 aromatic heterocycles. The van der Waals surface area contributed by atoms with Crippen molar-refractivity contribution in [3.05, 3.63) is 83.9 Å². The van der Waals surface area contributed by atoms with Crippen LogP contribution in [0.25, 0.3) is 0 Å². The summed E-state index contributed by atoms with van der Waals surface area (Å²) in [7, 11) is -1.25. The zero-order valence-corrected chi connectivity index (χ0v) is 25.1. The first-order valence-electron chi connectivity index (χ1n) is 13.5. The van der Waals surface area contributed by atoms with Gasteiger partial charge in [-0.2, -0.15) is 0 Å². The van der Waals surface area contributed by atoms with Crippen molar-refractivity contribution in [3.63, 3.8) is 0 Å². The third kappa shape index (κ3) is 8.00. The van der Waals surface area contributed by atoms with Gasteiger partial charge in [-0.1, -0.05) is 61.4 Å². The number of ether oxygens (including phenoxy) is 2. The van der Waals surface area contributed by atoms with Crippen LogP contribution in [0.3, 0.4) is 0 Å². The van der Waals surface area contributed by atoms with E-state index in [9.17, 15) is 18.0 Å². The van der Waals surface area contributed by atoms with Gasteiger partial charge in [-0.3, -0.25) is 13.9 Å².